The van der Waals surface area contributed by atoms with Gasteiger partial charge in [-0.3, -0.25) is 4.79 Å². The summed E-state index contributed by atoms with van der Waals surface area (Å²) in [4.78, 5) is 11.3. The number of allylic oxidation sites excluding steroid dienone is 4. The summed E-state index contributed by atoms with van der Waals surface area (Å²) in [6.07, 6.45) is 11.6. The van der Waals surface area contributed by atoms with Crippen LogP contribution in [-0.2, 0) is 4.79 Å². The zero-order chi connectivity index (χ0) is 14.0. The van der Waals surface area contributed by atoms with Gasteiger partial charge >= 0.3 is 0 Å². The topological polar surface area (TPSA) is 17.1 Å². The van der Waals surface area contributed by atoms with Gasteiger partial charge in [0.1, 0.15) is 0 Å². The van der Waals surface area contributed by atoms with Gasteiger partial charge in [0.15, 0.2) is 5.78 Å². The van der Waals surface area contributed by atoms with E-state index in [0.29, 0.717) is 0 Å². The van der Waals surface area contributed by atoms with Crippen LogP contribution >= 0.6 is 0 Å². The maximum Gasteiger partial charge on any atom is 0.159 e. The number of ketones is 1. The van der Waals surface area contributed by atoms with Crippen molar-refractivity contribution in [1.82, 2.24) is 0 Å². The van der Waals surface area contributed by atoms with Crippen LogP contribution in [0.5, 0.6) is 0 Å². The Kier molecular flexibility index (Phi) is 9.63. The quantitative estimate of drug-likeness (QED) is 0.392. The molecule has 0 fully saturated rings. The minimum Gasteiger partial charge on any atom is -0.295 e. The molecule has 0 amide bonds. The number of carbonyl (C=O) groups excluding carboxylic acids is 1. The van der Waals surface area contributed by atoms with Gasteiger partial charge in [-0.2, -0.15) is 0 Å². The minimum atomic E-state index is 0.163. The molecule has 0 heterocycles. The van der Waals surface area contributed by atoms with Gasteiger partial charge in [0, 0.05) is 5.57 Å². The van der Waals surface area contributed by atoms with E-state index < -0.39 is 0 Å². The van der Waals surface area contributed by atoms with Gasteiger partial charge in [0.2, 0.25) is 0 Å². The van der Waals surface area contributed by atoms with Crippen molar-refractivity contribution < 1.29 is 4.79 Å². The molecule has 0 unspecified atom stereocenters. The maximum atomic E-state index is 11.3. The molecule has 0 atom stereocenters. The lowest BCUT2D eigenvalue weighted by atomic mass is 9.91. The van der Waals surface area contributed by atoms with E-state index in [2.05, 4.69) is 26.8 Å². The Balaban J connectivity index is 4.33. The fourth-order valence-corrected chi connectivity index (χ4v) is 2.41. The van der Waals surface area contributed by atoms with E-state index in [4.69, 9.17) is 0 Å². The average molecular weight is 250 g/mol. The zero-order valence-corrected chi connectivity index (χ0v) is 12.9. The van der Waals surface area contributed by atoms with Gasteiger partial charge in [-0.25, -0.2) is 0 Å². The van der Waals surface area contributed by atoms with E-state index in [0.717, 1.165) is 17.9 Å². The van der Waals surface area contributed by atoms with E-state index in [9.17, 15) is 4.79 Å². The highest BCUT2D eigenvalue weighted by Crippen LogP contribution is 2.22. The Labute approximate surface area is 113 Å². The first-order chi connectivity index (χ1) is 8.54. The van der Waals surface area contributed by atoms with E-state index in [1.165, 1.54) is 37.7 Å². The van der Waals surface area contributed by atoms with Crippen LogP contribution in [0.4, 0.5) is 0 Å². The zero-order valence-electron chi connectivity index (χ0n) is 12.9. The predicted molar refractivity (Wildman–Crippen MR) is 80.7 cm³/mol. The summed E-state index contributed by atoms with van der Waals surface area (Å²) in [6.45, 7) is 10.2. The van der Waals surface area contributed by atoms with E-state index in [-0.39, 0.29) is 5.78 Å². The summed E-state index contributed by atoms with van der Waals surface area (Å²) in [5.41, 5.74) is 2.17. The van der Waals surface area contributed by atoms with Crippen molar-refractivity contribution in [3.63, 3.8) is 0 Å². The molecule has 104 valence electrons. The lowest BCUT2D eigenvalue weighted by Crippen LogP contribution is -2.00. The Morgan fingerprint density at radius 1 is 1.06 bits per heavy atom. The molecule has 0 aliphatic heterocycles. The molecule has 0 aromatic heterocycles. The highest BCUT2D eigenvalue weighted by molar-refractivity contribution is 5.96. The lowest BCUT2D eigenvalue weighted by molar-refractivity contribution is -0.113. The SMILES string of the molecule is C/C=C(\C=C(\C)CCC(CCC)CCC)C(C)=O. The second-order valence-electron chi connectivity index (χ2n) is 5.27. The first kappa shape index (κ1) is 17.2. The summed E-state index contributed by atoms with van der Waals surface area (Å²) >= 11 is 0. The van der Waals surface area contributed by atoms with Crippen molar-refractivity contribution in [2.75, 3.05) is 0 Å². The third-order valence-electron chi connectivity index (χ3n) is 3.46. The summed E-state index contributed by atoms with van der Waals surface area (Å²) in [7, 11) is 0. The Morgan fingerprint density at radius 2 is 1.61 bits per heavy atom. The molecular weight excluding hydrogens is 220 g/mol. The second kappa shape index (κ2) is 10.1. The standard InChI is InChI=1S/C17H30O/c1-6-9-16(10-7-2)12-11-14(4)13-17(8-3)15(5)18/h8,13,16H,6-7,9-12H2,1-5H3/b14-13-,17-8+. The monoisotopic (exact) mass is 250 g/mol. The van der Waals surface area contributed by atoms with Crippen molar-refractivity contribution >= 4 is 5.78 Å². The highest BCUT2D eigenvalue weighted by atomic mass is 16.1. The van der Waals surface area contributed by atoms with Crippen LogP contribution in [0.2, 0.25) is 0 Å². The third-order valence-corrected chi connectivity index (χ3v) is 3.46. The fourth-order valence-electron chi connectivity index (χ4n) is 2.41. The van der Waals surface area contributed by atoms with Gasteiger partial charge < -0.3 is 0 Å². The largest absolute Gasteiger partial charge is 0.295 e. The molecule has 1 heteroatoms. The summed E-state index contributed by atoms with van der Waals surface area (Å²) < 4.78 is 0. The molecule has 0 rings (SSSR count). The normalized spacial score (nSPS) is 13.2. The summed E-state index contributed by atoms with van der Waals surface area (Å²) in [5.74, 6) is 1.02. The fraction of sp³-hybridized carbons (Fsp3) is 0.706. The molecule has 0 aliphatic carbocycles. The minimum absolute atomic E-state index is 0.163. The van der Waals surface area contributed by atoms with E-state index in [1.807, 2.05) is 13.0 Å². The van der Waals surface area contributed by atoms with Crippen LogP contribution in [0.3, 0.4) is 0 Å². The van der Waals surface area contributed by atoms with E-state index in [1.54, 1.807) is 6.92 Å². The Morgan fingerprint density at radius 3 is 2.00 bits per heavy atom. The van der Waals surface area contributed by atoms with Gasteiger partial charge in [0.25, 0.3) is 0 Å². The van der Waals surface area contributed by atoms with Gasteiger partial charge in [0.05, 0.1) is 0 Å². The molecule has 18 heavy (non-hydrogen) atoms. The molecule has 0 radical (unpaired) electrons. The summed E-state index contributed by atoms with van der Waals surface area (Å²) in [5, 5.41) is 0. The van der Waals surface area contributed by atoms with Crippen molar-refractivity contribution in [2.45, 2.75) is 73.1 Å². The Hall–Kier alpha value is -0.850. The molecule has 0 aromatic rings. The molecule has 0 N–H and O–H groups in total. The van der Waals surface area contributed by atoms with Crippen LogP contribution in [0, 0.1) is 5.92 Å². The van der Waals surface area contributed by atoms with Gasteiger partial charge in [-0.05, 0) is 39.5 Å². The molecule has 0 bridgehead atoms. The number of hydrogen-bond acceptors (Lipinski definition) is 1. The predicted octanol–water partition coefficient (Wildman–Crippen LogP) is 5.46. The van der Waals surface area contributed by atoms with Crippen molar-refractivity contribution in [3.05, 3.63) is 23.3 Å². The van der Waals surface area contributed by atoms with Crippen LogP contribution in [0.1, 0.15) is 73.1 Å². The van der Waals surface area contributed by atoms with Crippen molar-refractivity contribution in [1.29, 1.82) is 0 Å². The van der Waals surface area contributed by atoms with Gasteiger partial charge in [-0.15, -0.1) is 0 Å². The van der Waals surface area contributed by atoms with Crippen LogP contribution in [0.15, 0.2) is 23.3 Å². The van der Waals surface area contributed by atoms with Crippen molar-refractivity contribution in [2.24, 2.45) is 5.92 Å². The first-order valence-electron chi connectivity index (χ1n) is 7.39. The molecular formula is C17H30O. The van der Waals surface area contributed by atoms with Crippen LogP contribution < -0.4 is 0 Å². The molecule has 0 saturated heterocycles. The Bertz CT molecular complexity index is 291. The third kappa shape index (κ3) is 7.47. The second-order valence-corrected chi connectivity index (χ2v) is 5.27. The smallest absolute Gasteiger partial charge is 0.159 e. The lowest BCUT2D eigenvalue weighted by Gasteiger charge is -2.15. The summed E-state index contributed by atoms with van der Waals surface area (Å²) in [6, 6.07) is 0. The van der Waals surface area contributed by atoms with Crippen molar-refractivity contribution in [3.8, 4) is 0 Å². The van der Waals surface area contributed by atoms with E-state index >= 15 is 0 Å². The molecule has 0 saturated carbocycles. The number of Topliss-reactive ketones (excluding diaryl/α,β-unsaturated/α-hetero) is 1. The first-order valence-corrected chi connectivity index (χ1v) is 7.39. The molecule has 0 aliphatic rings. The number of carbonyl (C=O) groups is 1. The number of hydrogen-bond donors (Lipinski definition) is 0. The van der Waals surface area contributed by atoms with Crippen LogP contribution in [-0.4, -0.2) is 5.78 Å². The molecule has 1 nitrogen and oxygen atoms in total. The highest BCUT2D eigenvalue weighted by Gasteiger charge is 2.07. The van der Waals surface area contributed by atoms with Crippen LogP contribution in [0.25, 0.3) is 0 Å². The van der Waals surface area contributed by atoms with Gasteiger partial charge in [-0.1, -0.05) is 57.3 Å². The maximum absolute atomic E-state index is 11.3. The number of rotatable bonds is 9. The molecule has 0 spiro atoms. The molecule has 0 aromatic carbocycles. The average Bonchev–Trinajstić information content (AvgIpc) is 2.33.